The van der Waals surface area contributed by atoms with Crippen LogP contribution >= 0.6 is 0 Å². The Morgan fingerprint density at radius 3 is 2.38 bits per heavy atom. The summed E-state index contributed by atoms with van der Waals surface area (Å²) in [5, 5.41) is 10.1. The highest BCUT2D eigenvalue weighted by molar-refractivity contribution is 5.10. The quantitative estimate of drug-likeness (QED) is 0.504. The predicted molar refractivity (Wildman–Crippen MR) is 119 cm³/mol. The summed E-state index contributed by atoms with van der Waals surface area (Å²) in [5.74, 6) is 5.49. The van der Waals surface area contributed by atoms with Gasteiger partial charge in [0, 0.05) is 0 Å². The molecule has 4 aliphatic rings. The van der Waals surface area contributed by atoms with Crippen LogP contribution in [0, 0.1) is 52.3 Å². The maximum atomic E-state index is 14.6. The molecule has 0 saturated heterocycles. The summed E-state index contributed by atoms with van der Waals surface area (Å²) in [6.45, 7) is 12.3. The van der Waals surface area contributed by atoms with Crippen molar-refractivity contribution < 1.29 is 9.50 Å². The van der Waals surface area contributed by atoms with Crippen molar-refractivity contribution in [2.75, 3.05) is 0 Å². The fourth-order valence-electron chi connectivity index (χ4n) is 9.26. The van der Waals surface area contributed by atoms with Gasteiger partial charge in [-0.2, -0.15) is 0 Å². The third-order valence-corrected chi connectivity index (χ3v) is 10.8. The topological polar surface area (TPSA) is 20.2 Å². The first-order valence-electron chi connectivity index (χ1n) is 13.0. The van der Waals surface area contributed by atoms with Crippen LogP contribution in [0.3, 0.4) is 0 Å². The van der Waals surface area contributed by atoms with Crippen LogP contribution in [-0.4, -0.2) is 17.4 Å². The van der Waals surface area contributed by atoms with Crippen molar-refractivity contribution in [2.45, 2.75) is 118 Å². The maximum Gasteiger partial charge on any atom is 0.126 e. The molecule has 4 rings (SSSR count). The molecule has 0 bridgehead atoms. The van der Waals surface area contributed by atoms with Crippen LogP contribution in [0.2, 0.25) is 0 Å². The largest absolute Gasteiger partial charge is 0.390 e. The Morgan fingerprint density at radius 2 is 1.66 bits per heavy atom. The fourth-order valence-corrected chi connectivity index (χ4v) is 9.26. The predicted octanol–water partition coefficient (Wildman–Crippen LogP) is 7.42. The highest BCUT2D eigenvalue weighted by atomic mass is 19.1. The number of hydrogen-bond acceptors (Lipinski definition) is 1. The second-order valence-corrected chi connectivity index (χ2v) is 12.7. The first-order chi connectivity index (χ1) is 13.7. The van der Waals surface area contributed by atoms with E-state index in [4.69, 9.17) is 0 Å². The molecule has 10 atom stereocenters. The third kappa shape index (κ3) is 3.72. The molecule has 4 aliphatic carbocycles. The Labute approximate surface area is 179 Å². The van der Waals surface area contributed by atoms with Gasteiger partial charge < -0.3 is 5.11 Å². The average Bonchev–Trinajstić information content (AvgIpc) is 3.00. The number of rotatable bonds is 5. The highest BCUT2D eigenvalue weighted by Gasteiger charge is 2.61. The Bertz CT molecular complexity index is 575. The molecule has 0 spiro atoms. The van der Waals surface area contributed by atoms with Gasteiger partial charge in [0.15, 0.2) is 0 Å². The Hall–Kier alpha value is -0.110. The van der Waals surface area contributed by atoms with Crippen LogP contribution in [0.25, 0.3) is 0 Å². The van der Waals surface area contributed by atoms with Crippen molar-refractivity contribution in [3.63, 3.8) is 0 Å². The zero-order valence-electron chi connectivity index (χ0n) is 19.8. The van der Waals surface area contributed by atoms with E-state index in [1.807, 2.05) is 0 Å². The molecule has 168 valence electrons. The highest BCUT2D eigenvalue weighted by Crippen LogP contribution is 2.68. The molecule has 29 heavy (non-hydrogen) atoms. The van der Waals surface area contributed by atoms with E-state index in [0.29, 0.717) is 30.1 Å². The Kier molecular flexibility index (Phi) is 6.17. The second kappa shape index (κ2) is 8.10. The number of aliphatic hydroxyl groups is 1. The maximum absolute atomic E-state index is 14.6. The lowest BCUT2D eigenvalue weighted by molar-refractivity contribution is -0.147. The van der Waals surface area contributed by atoms with Gasteiger partial charge in [0.25, 0.3) is 0 Å². The van der Waals surface area contributed by atoms with Crippen LogP contribution in [0.5, 0.6) is 0 Å². The van der Waals surface area contributed by atoms with Crippen molar-refractivity contribution in [2.24, 2.45) is 52.3 Å². The fraction of sp³-hybridized carbons (Fsp3) is 1.00. The number of halogens is 1. The number of hydrogen-bond donors (Lipinski definition) is 1. The molecule has 4 fully saturated rings. The Morgan fingerprint density at radius 1 is 0.931 bits per heavy atom. The standard InChI is InChI=1S/C27H47FO/c1-17(2)7-6-8-18(3)21-11-12-22-20-10-9-19-15-25(29)24(28)16-27(19,5)23(20)13-14-26(21,22)4/h17-25,29H,6-16H2,1-5H3/t18-,19?,20+,21-,22+,23+,24-,25+,26-,27+/m1/s1. The summed E-state index contributed by atoms with van der Waals surface area (Å²) in [6.07, 6.45) is 11.9. The molecule has 0 aliphatic heterocycles. The lowest BCUT2D eigenvalue weighted by atomic mass is 9.44. The van der Waals surface area contributed by atoms with Gasteiger partial charge >= 0.3 is 0 Å². The molecule has 0 aromatic heterocycles. The van der Waals surface area contributed by atoms with Crippen LogP contribution in [-0.2, 0) is 0 Å². The molecule has 0 amide bonds. The van der Waals surface area contributed by atoms with E-state index in [1.54, 1.807) is 0 Å². The molecule has 0 aromatic carbocycles. The molecule has 1 N–H and O–H groups in total. The van der Waals surface area contributed by atoms with Gasteiger partial charge in [-0.05, 0) is 104 Å². The van der Waals surface area contributed by atoms with Crippen LogP contribution < -0.4 is 0 Å². The molecule has 0 heterocycles. The van der Waals surface area contributed by atoms with E-state index < -0.39 is 12.3 Å². The summed E-state index contributed by atoms with van der Waals surface area (Å²) < 4.78 is 14.6. The molecule has 2 heteroatoms. The van der Waals surface area contributed by atoms with E-state index in [2.05, 4.69) is 34.6 Å². The number of aliphatic hydroxyl groups excluding tert-OH is 1. The van der Waals surface area contributed by atoms with E-state index in [1.165, 1.54) is 57.8 Å². The summed E-state index contributed by atoms with van der Waals surface area (Å²) in [4.78, 5) is 0. The number of alkyl halides is 1. The molecule has 1 unspecified atom stereocenters. The lowest BCUT2D eigenvalue weighted by Gasteiger charge is -2.61. The molecular weight excluding hydrogens is 359 g/mol. The van der Waals surface area contributed by atoms with Crippen LogP contribution in [0.4, 0.5) is 4.39 Å². The van der Waals surface area contributed by atoms with Crippen molar-refractivity contribution in [1.82, 2.24) is 0 Å². The van der Waals surface area contributed by atoms with Gasteiger partial charge in [0.1, 0.15) is 6.17 Å². The van der Waals surface area contributed by atoms with E-state index in [9.17, 15) is 9.50 Å². The summed E-state index contributed by atoms with van der Waals surface area (Å²) in [5.41, 5.74) is 0.648. The van der Waals surface area contributed by atoms with Gasteiger partial charge in [-0.1, -0.05) is 53.9 Å². The van der Waals surface area contributed by atoms with Crippen molar-refractivity contribution >= 4 is 0 Å². The minimum Gasteiger partial charge on any atom is -0.390 e. The second-order valence-electron chi connectivity index (χ2n) is 12.7. The summed E-state index contributed by atoms with van der Waals surface area (Å²) >= 11 is 0. The molecule has 0 aromatic rings. The van der Waals surface area contributed by atoms with Gasteiger partial charge in [-0.15, -0.1) is 0 Å². The monoisotopic (exact) mass is 406 g/mol. The first kappa shape index (κ1) is 22.1. The molecule has 1 nitrogen and oxygen atoms in total. The molecule has 4 saturated carbocycles. The van der Waals surface area contributed by atoms with Crippen molar-refractivity contribution in [3.8, 4) is 0 Å². The molecular formula is C27H47FO. The van der Waals surface area contributed by atoms with Gasteiger partial charge in [-0.3, -0.25) is 0 Å². The zero-order valence-corrected chi connectivity index (χ0v) is 19.8. The van der Waals surface area contributed by atoms with E-state index in [-0.39, 0.29) is 5.41 Å². The summed E-state index contributed by atoms with van der Waals surface area (Å²) in [7, 11) is 0. The Balaban J connectivity index is 1.47. The van der Waals surface area contributed by atoms with E-state index >= 15 is 0 Å². The minimum atomic E-state index is -0.999. The smallest absolute Gasteiger partial charge is 0.126 e. The lowest BCUT2D eigenvalue weighted by Crippen LogP contribution is -2.56. The summed E-state index contributed by atoms with van der Waals surface area (Å²) in [6, 6.07) is 0. The average molecular weight is 407 g/mol. The van der Waals surface area contributed by atoms with E-state index in [0.717, 1.165) is 29.6 Å². The zero-order chi connectivity index (χ0) is 21.0. The van der Waals surface area contributed by atoms with Crippen molar-refractivity contribution in [3.05, 3.63) is 0 Å². The normalized spacial score (nSPS) is 50.7. The van der Waals surface area contributed by atoms with Crippen LogP contribution in [0.1, 0.15) is 105 Å². The minimum absolute atomic E-state index is 0.129. The molecule has 0 radical (unpaired) electrons. The van der Waals surface area contributed by atoms with Gasteiger partial charge in [-0.25, -0.2) is 4.39 Å². The third-order valence-electron chi connectivity index (χ3n) is 10.8. The van der Waals surface area contributed by atoms with Gasteiger partial charge in [0.05, 0.1) is 6.10 Å². The SMILES string of the molecule is CC(C)CCC[C@@H](C)[C@H]1CC[C@H]2[C@@H]3CCC4C[C@H](O)[C@H](F)C[C@]4(C)[C@H]3CC[C@]12C. The van der Waals surface area contributed by atoms with Gasteiger partial charge in [0.2, 0.25) is 0 Å². The van der Waals surface area contributed by atoms with Crippen LogP contribution in [0.15, 0.2) is 0 Å². The number of fused-ring (bicyclic) bond motifs is 5. The van der Waals surface area contributed by atoms with Crippen molar-refractivity contribution in [1.29, 1.82) is 0 Å². The first-order valence-corrected chi connectivity index (χ1v) is 13.0.